The van der Waals surface area contributed by atoms with Crippen molar-refractivity contribution in [1.29, 1.82) is 0 Å². The van der Waals surface area contributed by atoms with Gasteiger partial charge in [-0.3, -0.25) is 0 Å². The van der Waals surface area contributed by atoms with Gasteiger partial charge in [-0.05, 0) is 18.6 Å². The standard InChI is InChI=1S/C11H16ClN3O2/c1-7-5-9(10(17-2)6-8(7)12)15-11(16)14-4-3-13/h5-6H,3-4,13H2,1-2H3,(H2,14,15,16). The topological polar surface area (TPSA) is 76.4 Å². The summed E-state index contributed by atoms with van der Waals surface area (Å²) in [5.74, 6) is 0.517. The number of amides is 2. The summed E-state index contributed by atoms with van der Waals surface area (Å²) < 4.78 is 5.13. The maximum Gasteiger partial charge on any atom is 0.319 e. The summed E-state index contributed by atoms with van der Waals surface area (Å²) in [6.45, 7) is 2.66. The van der Waals surface area contributed by atoms with E-state index in [1.54, 1.807) is 12.1 Å². The Hall–Kier alpha value is -1.46. The molecule has 5 nitrogen and oxygen atoms in total. The molecule has 0 bridgehead atoms. The molecule has 0 heterocycles. The second kappa shape index (κ2) is 6.32. The lowest BCUT2D eigenvalue weighted by Gasteiger charge is -2.12. The third-order valence-electron chi connectivity index (χ3n) is 2.16. The molecule has 0 aliphatic carbocycles. The van der Waals surface area contributed by atoms with Crippen molar-refractivity contribution in [3.63, 3.8) is 0 Å². The number of ether oxygens (including phenoxy) is 1. The van der Waals surface area contributed by atoms with Gasteiger partial charge in [-0.25, -0.2) is 4.79 Å². The molecule has 0 spiro atoms. The summed E-state index contributed by atoms with van der Waals surface area (Å²) in [4.78, 5) is 11.5. The average molecular weight is 258 g/mol. The number of nitrogens with two attached hydrogens (primary N) is 1. The Bertz CT molecular complexity index is 410. The number of carbonyl (C=O) groups excluding carboxylic acids is 1. The van der Waals surface area contributed by atoms with Gasteiger partial charge in [0, 0.05) is 24.2 Å². The molecule has 4 N–H and O–H groups in total. The van der Waals surface area contributed by atoms with Gasteiger partial charge in [-0.1, -0.05) is 11.6 Å². The monoisotopic (exact) mass is 257 g/mol. The summed E-state index contributed by atoms with van der Waals surface area (Å²) in [7, 11) is 1.52. The maximum absolute atomic E-state index is 11.5. The molecule has 6 heteroatoms. The van der Waals surface area contributed by atoms with Gasteiger partial charge < -0.3 is 21.1 Å². The number of rotatable bonds is 4. The number of nitrogens with one attached hydrogen (secondary N) is 2. The van der Waals surface area contributed by atoms with Crippen LogP contribution in [0.5, 0.6) is 5.75 Å². The number of urea groups is 1. The minimum absolute atomic E-state index is 0.324. The quantitative estimate of drug-likeness (QED) is 0.769. The van der Waals surface area contributed by atoms with Crippen LogP contribution in [-0.4, -0.2) is 26.2 Å². The van der Waals surface area contributed by atoms with Gasteiger partial charge in [0.05, 0.1) is 12.8 Å². The van der Waals surface area contributed by atoms with Crippen molar-refractivity contribution in [3.05, 3.63) is 22.7 Å². The molecule has 17 heavy (non-hydrogen) atoms. The van der Waals surface area contributed by atoms with Gasteiger partial charge in [-0.2, -0.15) is 0 Å². The average Bonchev–Trinajstić information content (AvgIpc) is 2.31. The van der Waals surface area contributed by atoms with Crippen molar-refractivity contribution in [2.75, 3.05) is 25.5 Å². The van der Waals surface area contributed by atoms with E-state index in [9.17, 15) is 4.79 Å². The number of hydrogen-bond donors (Lipinski definition) is 3. The fourth-order valence-electron chi connectivity index (χ4n) is 1.28. The van der Waals surface area contributed by atoms with E-state index in [4.69, 9.17) is 22.1 Å². The fourth-order valence-corrected chi connectivity index (χ4v) is 1.44. The van der Waals surface area contributed by atoms with Gasteiger partial charge in [-0.15, -0.1) is 0 Å². The van der Waals surface area contributed by atoms with E-state index in [1.807, 2.05) is 6.92 Å². The minimum atomic E-state index is -0.324. The van der Waals surface area contributed by atoms with Crippen molar-refractivity contribution in [1.82, 2.24) is 5.32 Å². The van der Waals surface area contributed by atoms with Crippen LogP contribution in [0.15, 0.2) is 12.1 Å². The van der Waals surface area contributed by atoms with E-state index in [2.05, 4.69) is 10.6 Å². The molecule has 0 fully saturated rings. The van der Waals surface area contributed by atoms with Crippen molar-refractivity contribution >= 4 is 23.3 Å². The largest absolute Gasteiger partial charge is 0.495 e. The highest BCUT2D eigenvalue weighted by Crippen LogP contribution is 2.30. The Morgan fingerprint density at radius 2 is 2.24 bits per heavy atom. The van der Waals surface area contributed by atoms with E-state index >= 15 is 0 Å². The molecular formula is C11H16ClN3O2. The molecule has 0 aromatic heterocycles. The minimum Gasteiger partial charge on any atom is -0.495 e. The first-order chi connectivity index (χ1) is 8.08. The second-order valence-corrected chi connectivity index (χ2v) is 3.88. The number of methoxy groups -OCH3 is 1. The number of aryl methyl sites for hydroxylation is 1. The van der Waals surface area contributed by atoms with Gasteiger partial charge in [0.15, 0.2) is 0 Å². The Kier molecular flexibility index (Phi) is 5.06. The molecule has 2 amide bonds. The van der Waals surface area contributed by atoms with E-state index in [-0.39, 0.29) is 6.03 Å². The van der Waals surface area contributed by atoms with Crippen molar-refractivity contribution in [2.24, 2.45) is 5.73 Å². The predicted octanol–water partition coefficient (Wildman–Crippen LogP) is 1.74. The number of hydrogen-bond acceptors (Lipinski definition) is 3. The highest BCUT2D eigenvalue weighted by molar-refractivity contribution is 6.31. The Morgan fingerprint density at radius 3 is 2.82 bits per heavy atom. The van der Waals surface area contributed by atoms with E-state index in [1.165, 1.54) is 7.11 Å². The summed E-state index contributed by atoms with van der Waals surface area (Å²) in [6, 6.07) is 3.09. The molecule has 94 valence electrons. The highest BCUT2D eigenvalue weighted by atomic mass is 35.5. The second-order valence-electron chi connectivity index (χ2n) is 3.47. The van der Waals surface area contributed by atoms with Gasteiger partial charge in [0.2, 0.25) is 0 Å². The summed E-state index contributed by atoms with van der Waals surface area (Å²) in [6.07, 6.45) is 0. The smallest absolute Gasteiger partial charge is 0.319 e. The van der Waals surface area contributed by atoms with E-state index in [0.29, 0.717) is 29.5 Å². The Morgan fingerprint density at radius 1 is 1.53 bits per heavy atom. The van der Waals surface area contributed by atoms with E-state index in [0.717, 1.165) is 5.56 Å². The lowest BCUT2D eigenvalue weighted by Crippen LogP contribution is -2.33. The maximum atomic E-state index is 11.5. The molecular weight excluding hydrogens is 242 g/mol. The molecule has 0 radical (unpaired) electrons. The van der Waals surface area contributed by atoms with Crippen LogP contribution in [0.2, 0.25) is 5.02 Å². The first kappa shape index (κ1) is 13.6. The first-order valence-electron chi connectivity index (χ1n) is 5.17. The normalized spacial score (nSPS) is 9.88. The number of anilines is 1. The molecule has 0 atom stereocenters. The fraction of sp³-hybridized carbons (Fsp3) is 0.364. The van der Waals surface area contributed by atoms with Crippen LogP contribution in [0, 0.1) is 6.92 Å². The third-order valence-corrected chi connectivity index (χ3v) is 2.57. The van der Waals surface area contributed by atoms with Crippen molar-refractivity contribution in [2.45, 2.75) is 6.92 Å². The Balaban J connectivity index is 2.82. The summed E-state index contributed by atoms with van der Waals surface area (Å²) in [5.41, 5.74) is 6.72. The zero-order valence-electron chi connectivity index (χ0n) is 9.84. The molecule has 1 aromatic carbocycles. The molecule has 0 saturated heterocycles. The van der Waals surface area contributed by atoms with Crippen LogP contribution in [0.4, 0.5) is 10.5 Å². The lowest BCUT2D eigenvalue weighted by molar-refractivity contribution is 0.252. The number of halogens is 1. The van der Waals surface area contributed by atoms with Crippen molar-refractivity contribution < 1.29 is 9.53 Å². The SMILES string of the molecule is COc1cc(Cl)c(C)cc1NC(=O)NCCN. The molecule has 0 saturated carbocycles. The molecule has 1 rings (SSSR count). The Labute approximate surface area is 105 Å². The zero-order valence-corrected chi connectivity index (χ0v) is 10.6. The van der Waals surface area contributed by atoms with Crippen LogP contribution in [0.25, 0.3) is 0 Å². The number of benzene rings is 1. The van der Waals surface area contributed by atoms with Crippen LogP contribution in [0.1, 0.15) is 5.56 Å². The molecule has 0 aliphatic heterocycles. The highest BCUT2D eigenvalue weighted by Gasteiger charge is 2.09. The first-order valence-corrected chi connectivity index (χ1v) is 5.55. The predicted molar refractivity (Wildman–Crippen MR) is 68.8 cm³/mol. The number of carbonyl (C=O) groups is 1. The molecule has 0 aliphatic rings. The van der Waals surface area contributed by atoms with Crippen LogP contribution in [-0.2, 0) is 0 Å². The van der Waals surface area contributed by atoms with Crippen LogP contribution < -0.4 is 21.1 Å². The van der Waals surface area contributed by atoms with Gasteiger partial charge >= 0.3 is 6.03 Å². The van der Waals surface area contributed by atoms with Gasteiger partial charge in [0.1, 0.15) is 5.75 Å². The zero-order chi connectivity index (χ0) is 12.8. The van der Waals surface area contributed by atoms with Crippen LogP contribution >= 0.6 is 11.6 Å². The molecule has 0 unspecified atom stereocenters. The van der Waals surface area contributed by atoms with Crippen molar-refractivity contribution in [3.8, 4) is 5.75 Å². The van der Waals surface area contributed by atoms with Crippen LogP contribution in [0.3, 0.4) is 0 Å². The lowest BCUT2D eigenvalue weighted by atomic mass is 10.2. The summed E-state index contributed by atoms with van der Waals surface area (Å²) in [5, 5.41) is 5.87. The third kappa shape index (κ3) is 3.80. The van der Waals surface area contributed by atoms with Gasteiger partial charge in [0.25, 0.3) is 0 Å². The molecule has 1 aromatic rings. The summed E-state index contributed by atoms with van der Waals surface area (Å²) >= 11 is 5.96. The van der Waals surface area contributed by atoms with E-state index < -0.39 is 0 Å².